The largest absolute Gasteiger partial charge is 0.270 e. The normalized spacial score (nSPS) is 11.8. The molecule has 0 N–H and O–H groups in total. The first kappa shape index (κ1) is 9.03. The molecule has 0 saturated carbocycles. The molecule has 0 heterocycles. The van der Waals surface area contributed by atoms with Crippen LogP contribution >= 0.6 is 0 Å². The molecule has 0 nitrogen and oxygen atoms in total. The second-order valence-electron chi connectivity index (χ2n) is 2.52. The van der Waals surface area contributed by atoms with Crippen molar-refractivity contribution < 1.29 is 17.6 Å². The molecule has 12 heavy (non-hydrogen) atoms. The Kier molecular flexibility index (Phi) is 2.08. The van der Waals surface area contributed by atoms with Crippen LogP contribution in [0.15, 0.2) is 18.2 Å². The highest BCUT2D eigenvalue weighted by Gasteiger charge is 2.25. The smallest absolute Gasteiger partial charge is 0.204 e. The Bertz CT molecular complexity index is 288. The van der Waals surface area contributed by atoms with Crippen molar-refractivity contribution in [3.8, 4) is 0 Å². The van der Waals surface area contributed by atoms with Crippen molar-refractivity contribution in [1.29, 1.82) is 0 Å². The summed E-state index contributed by atoms with van der Waals surface area (Å²) in [5.41, 5.74) is -0.526. The van der Waals surface area contributed by atoms with Crippen LogP contribution < -0.4 is 0 Å². The van der Waals surface area contributed by atoms with Crippen LogP contribution in [0.25, 0.3) is 0 Å². The highest BCUT2D eigenvalue weighted by atomic mass is 19.3. The number of alkyl halides is 2. The summed E-state index contributed by atoms with van der Waals surface area (Å²) in [6.07, 6.45) is 0. The Morgan fingerprint density at radius 2 is 1.67 bits per heavy atom. The lowest BCUT2D eigenvalue weighted by atomic mass is 10.1. The molecule has 0 aliphatic carbocycles. The van der Waals surface area contributed by atoms with E-state index < -0.39 is 23.1 Å². The number of hydrogen-bond donors (Lipinski definition) is 0. The van der Waals surface area contributed by atoms with Gasteiger partial charge in [0.05, 0.1) is 0 Å². The van der Waals surface area contributed by atoms with Gasteiger partial charge in [-0.3, -0.25) is 0 Å². The first-order valence-corrected chi connectivity index (χ1v) is 3.24. The Labute approximate surface area is 66.8 Å². The van der Waals surface area contributed by atoms with Gasteiger partial charge in [0.2, 0.25) is 0 Å². The van der Waals surface area contributed by atoms with Crippen molar-refractivity contribution in [3.63, 3.8) is 0 Å². The number of rotatable bonds is 1. The van der Waals surface area contributed by atoms with E-state index in [-0.39, 0.29) is 0 Å². The molecule has 0 radical (unpaired) electrons. The van der Waals surface area contributed by atoms with Gasteiger partial charge in [0.25, 0.3) is 5.92 Å². The minimum absolute atomic E-state index is 0.495. The Hall–Kier alpha value is -1.06. The first-order valence-electron chi connectivity index (χ1n) is 3.24. The molecule has 66 valence electrons. The summed E-state index contributed by atoms with van der Waals surface area (Å²) in [5, 5.41) is 0. The molecule has 0 saturated heterocycles. The molecule has 0 amide bonds. The van der Waals surface area contributed by atoms with E-state index in [4.69, 9.17) is 0 Å². The maximum absolute atomic E-state index is 12.5. The van der Waals surface area contributed by atoms with E-state index in [0.29, 0.717) is 19.1 Å². The molecule has 1 aromatic carbocycles. The van der Waals surface area contributed by atoms with Gasteiger partial charge in [-0.2, -0.15) is 0 Å². The van der Waals surface area contributed by atoms with E-state index in [0.717, 1.165) is 6.07 Å². The van der Waals surface area contributed by atoms with E-state index in [2.05, 4.69) is 0 Å². The summed E-state index contributed by atoms with van der Waals surface area (Å²) >= 11 is 0. The summed E-state index contributed by atoms with van der Waals surface area (Å²) < 4.78 is 49.6. The quantitative estimate of drug-likeness (QED) is 0.579. The van der Waals surface area contributed by atoms with E-state index in [1.54, 1.807) is 0 Å². The van der Waals surface area contributed by atoms with Gasteiger partial charge in [0.1, 0.15) is 0 Å². The zero-order chi connectivity index (χ0) is 9.35. The van der Waals surface area contributed by atoms with Gasteiger partial charge >= 0.3 is 0 Å². The lowest BCUT2D eigenvalue weighted by molar-refractivity contribution is 0.0170. The van der Waals surface area contributed by atoms with Crippen LogP contribution in [-0.2, 0) is 5.92 Å². The molecule has 0 aromatic heterocycles. The Balaban J connectivity index is 3.14. The highest BCUT2D eigenvalue weighted by Crippen LogP contribution is 2.27. The van der Waals surface area contributed by atoms with Crippen LogP contribution in [0.3, 0.4) is 0 Å². The van der Waals surface area contributed by atoms with Crippen LogP contribution in [0.5, 0.6) is 0 Å². The number of hydrogen-bond acceptors (Lipinski definition) is 0. The monoisotopic (exact) mass is 178 g/mol. The average Bonchev–Trinajstić information content (AvgIpc) is 1.92. The maximum atomic E-state index is 12.5. The summed E-state index contributed by atoms with van der Waals surface area (Å²) in [4.78, 5) is 0. The lowest BCUT2D eigenvalue weighted by Crippen LogP contribution is -2.07. The van der Waals surface area contributed by atoms with E-state index in [1.165, 1.54) is 0 Å². The third-order valence-electron chi connectivity index (χ3n) is 1.43. The third kappa shape index (κ3) is 1.75. The van der Waals surface area contributed by atoms with E-state index >= 15 is 0 Å². The fourth-order valence-corrected chi connectivity index (χ4v) is 0.769. The molecule has 0 bridgehead atoms. The van der Waals surface area contributed by atoms with Gasteiger partial charge in [-0.05, 0) is 18.2 Å². The molecule has 1 rings (SSSR count). The molecule has 0 spiro atoms. The minimum atomic E-state index is -3.13. The molecular weight excluding hydrogens is 172 g/mol. The van der Waals surface area contributed by atoms with Crippen LogP contribution in [0.2, 0.25) is 0 Å². The molecule has 4 heteroatoms. The first-order chi connectivity index (χ1) is 5.41. The van der Waals surface area contributed by atoms with Crippen LogP contribution in [0.4, 0.5) is 17.6 Å². The minimum Gasteiger partial charge on any atom is -0.204 e. The highest BCUT2D eigenvalue weighted by molar-refractivity contribution is 5.21. The maximum Gasteiger partial charge on any atom is 0.270 e. The predicted octanol–water partition coefficient (Wildman–Crippen LogP) is 3.08. The zero-order valence-corrected chi connectivity index (χ0v) is 6.24. The van der Waals surface area contributed by atoms with E-state index in [9.17, 15) is 17.6 Å². The van der Waals surface area contributed by atoms with Gasteiger partial charge in [0, 0.05) is 12.5 Å². The van der Waals surface area contributed by atoms with Gasteiger partial charge in [-0.15, -0.1) is 0 Å². The standard InChI is InChI=1S/C8H6F4/c1-8(11,12)5-2-3-6(9)7(10)4-5/h2-4H,1H3. The fourth-order valence-electron chi connectivity index (χ4n) is 0.769. The van der Waals surface area contributed by atoms with Crippen molar-refractivity contribution >= 4 is 0 Å². The summed E-state index contributed by atoms with van der Waals surface area (Å²) in [6.45, 7) is 0.625. The second kappa shape index (κ2) is 2.77. The summed E-state index contributed by atoms with van der Waals surface area (Å²) in [6, 6.07) is 2.04. The molecule has 0 fully saturated rings. The molecular formula is C8H6F4. The van der Waals surface area contributed by atoms with Crippen LogP contribution in [-0.4, -0.2) is 0 Å². The topological polar surface area (TPSA) is 0 Å². The van der Waals surface area contributed by atoms with Crippen molar-refractivity contribution in [2.75, 3.05) is 0 Å². The van der Waals surface area contributed by atoms with Crippen molar-refractivity contribution in [3.05, 3.63) is 35.4 Å². The van der Waals surface area contributed by atoms with Gasteiger partial charge in [0.15, 0.2) is 11.6 Å². The molecule has 0 aliphatic heterocycles. The third-order valence-corrected chi connectivity index (χ3v) is 1.43. The predicted molar refractivity (Wildman–Crippen MR) is 35.9 cm³/mol. The lowest BCUT2D eigenvalue weighted by Gasteiger charge is -2.09. The van der Waals surface area contributed by atoms with Crippen molar-refractivity contribution in [1.82, 2.24) is 0 Å². The summed E-state index contributed by atoms with van der Waals surface area (Å²) in [5.74, 6) is -5.51. The Morgan fingerprint density at radius 1 is 1.08 bits per heavy atom. The molecule has 0 unspecified atom stereocenters. The van der Waals surface area contributed by atoms with E-state index in [1.807, 2.05) is 0 Å². The zero-order valence-electron chi connectivity index (χ0n) is 6.24. The van der Waals surface area contributed by atoms with Crippen molar-refractivity contribution in [2.45, 2.75) is 12.8 Å². The SMILES string of the molecule is CC(F)(F)c1ccc(F)c(F)c1. The van der Waals surface area contributed by atoms with Crippen LogP contribution in [0.1, 0.15) is 12.5 Å². The average molecular weight is 178 g/mol. The van der Waals surface area contributed by atoms with Gasteiger partial charge in [-0.1, -0.05) is 0 Å². The van der Waals surface area contributed by atoms with Crippen LogP contribution in [0, 0.1) is 11.6 Å². The van der Waals surface area contributed by atoms with Crippen molar-refractivity contribution in [2.24, 2.45) is 0 Å². The second-order valence-corrected chi connectivity index (χ2v) is 2.52. The number of halogens is 4. The summed E-state index contributed by atoms with van der Waals surface area (Å²) in [7, 11) is 0. The van der Waals surface area contributed by atoms with Gasteiger partial charge < -0.3 is 0 Å². The molecule has 0 aliphatic rings. The Morgan fingerprint density at radius 3 is 2.08 bits per heavy atom. The van der Waals surface area contributed by atoms with Gasteiger partial charge in [-0.25, -0.2) is 17.6 Å². The number of benzene rings is 1. The molecule has 0 atom stereocenters. The fraction of sp³-hybridized carbons (Fsp3) is 0.250. The molecule has 1 aromatic rings.